The molecule has 0 unspecified atom stereocenters. The van der Waals surface area contributed by atoms with E-state index in [-0.39, 0.29) is 21.7 Å². The number of allylic oxidation sites excluding steroid dienone is 2. The third-order valence-corrected chi connectivity index (χ3v) is 16.9. The molecule has 2 bridgehead atoms. The van der Waals surface area contributed by atoms with Gasteiger partial charge in [-0.3, -0.25) is 0 Å². The first-order valence-electron chi connectivity index (χ1n) is 23.5. The van der Waals surface area contributed by atoms with E-state index in [0.717, 1.165) is 22.7 Å². The molecule has 0 radical (unpaired) electrons. The van der Waals surface area contributed by atoms with Crippen molar-refractivity contribution in [2.24, 2.45) is 0 Å². The lowest BCUT2D eigenvalue weighted by Crippen LogP contribution is -2.37. The second-order valence-corrected chi connectivity index (χ2v) is 28.3. The van der Waals surface area contributed by atoms with Crippen LogP contribution in [0.15, 0.2) is 137 Å². The first-order valence-corrected chi connectivity index (χ1v) is 27.2. The molecule has 1 heterocycles. The van der Waals surface area contributed by atoms with Gasteiger partial charge in [0.25, 0.3) is 0 Å². The molecule has 0 N–H and O–H groups in total. The Hall–Kier alpha value is -5.03. The first kappa shape index (κ1) is 45.1. The van der Waals surface area contributed by atoms with Gasteiger partial charge in [0.2, 0.25) is 0 Å². The van der Waals surface area contributed by atoms with Gasteiger partial charge in [-0.2, -0.15) is 0 Å². The van der Waals surface area contributed by atoms with Crippen LogP contribution in [0.5, 0.6) is 0 Å². The molecule has 4 heteroatoms. The molecule has 0 aliphatic heterocycles. The Kier molecular flexibility index (Phi) is 11.0. The van der Waals surface area contributed by atoms with Crippen LogP contribution in [-0.2, 0) is 21.7 Å². The quantitative estimate of drug-likeness (QED) is 0.150. The molecule has 1 aromatic heterocycles. The van der Waals surface area contributed by atoms with Crippen LogP contribution in [-0.4, -0.2) is 18.8 Å². The monoisotopic (exact) mass is 894 g/mol. The molecule has 3 aliphatic carbocycles. The smallest absolute Gasteiger partial charge is 0.0647 e. The van der Waals surface area contributed by atoms with E-state index in [0.29, 0.717) is 0 Å². The van der Waals surface area contributed by atoms with Crippen molar-refractivity contribution in [2.45, 2.75) is 122 Å². The second-order valence-electron chi connectivity index (χ2n) is 23.3. The number of rotatable bonds is 8. The van der Waals surface area contributed by atoms with Crippen molar-refractivity contribution < 1.29 is 0 Å². The normalized spacial score (nSPS) is 15.2. The Labute approximate surface area is 396 Å². The van der Waals surface area contributed by atoms with Crippen molar-refractivity contribution in [3.05, 3.63) is 166 Å². The zero-order valence-electron chi connectivity index (χ0n) is 41.7. The van der Waals surface area contributed by atoms with Crippen LogP contribution in [0, 0.1) is 6.92 Å². The van der Waals surface area contributed by atoms with Gasteiger partial charge in [-0.05, 0) is 184 Å². The topological polar surface area (TPSA) is 6.48 Å². The molecule has 6 aromatic carbocycles. The van der Waals surface area contributed by atoms with Crippen LogP contribution in [0.3, 0.4) is 0 Å². The predicted molar refractivity (Wildman–Crippen MR) is 290 cm³/mol. The summed E-state index contributed by atoms with van der Waals surface area (Å²) in [6, 6.07) is 47.5. The van der Waals surface area contributed by atoms with E-state index in [1.54, 1.807) is 5.57 Å². The number of aryl methyl sites for hydroxylation is 1. The lowest BCUT2D eigenvalue weighted by molar-refractivity contribution is 0.359. The van der Waals surface area contributed by atoms with Crippen molar-refractivity contribution >= 4 is 71.1 Å². The number of thiophene rings is 1. The summed E-state index contributed by atoms with van der Waals surface area (Å²) in [7, 11) is -1.02. The van der Waals surface area contributed by atoms with E-state index < -0.39 is 10.0 Å². The Bertz CT molecular complexity index is 2900. The lowest BCUT2D eigenvalue weighted by Gasteiger charge is -2.48. The summed E-state index contributed by atoms with van der Waals surface area (Å²) < 4.78 is 1.34. The highest BCUT2D eigenvalue weighted by Gasteiger charge is 2.44. The molecule has 7 aromatic rings. The summed E-state index contributed by atoms with van der Waals surface area (Å²) >= 11 is 1.88. The molecule has 336 valence electrons. The van der Waals surface area contributed by atoms with E-state index in [4.69, 9.17) is 0 Å². The molecule has 0 saturated heterocycles. The van der Waals surface area contributed by atoms with Gasteiger partial charge in [0.15, 0.2) is 0 Å². The fourth-order valence-corrected chi connectivity index (χ4v) is 12.0. The van der Waals surface area contributed by atoms with Gasteiger partial charge in [0, 0.05) is 49.2 Å². The third-order valence-electron chi connectivity index (χ3n) is 14.3. The van der Waals surface area contributed by atoms with E-state index >= 15 is 0 Å². The molecule has 2 nitrogen and oxygen atoms in total. The van der Waals surface area contributed by atoms with Gasteiger partial charge >= 0.3 is 0 Å². The maximum Gasteiger partial charge on any atom is 0.0647 e. The molecule has 65 heavy (non-hydrogen) atoms. The van der Waals surface area contributed by atoms with Crippen molar-refractivity contribution in [3.63, 3.8) is 0 Å². The molecule has 1 saturated carbocycles. The zero-order valence-corrected chi connectivity index (χ0v) is 43.4. The van der Waals surface area contributed by atoms with E-state index in [1.165, 1.54) is 89.3 Å². The fourth-order valence-electron chi connectivity index (χ4n) is 10.1. The zero-order chi connectivity index (χ0) is 46.6. The van der Waals surface area contributed by atoms with Gasteiger partial charge in [-0.1, -0.05) is 123 Å². The highest BCUT2D eigenvalue weighted by molar-refractivity contribution is 8.32. The summed E-state index contributed by atoms with van der Waals surface area (Å²) in [6.07, 6.45) is 9.59. The average molecular weight is 895 g/mol. The molecule has 3 aliphatic rings. The Morgan fingerprint density at radius 1 is 0.523 bits per heavy atom. The fraction of sp³-hybridized carbons (Fsp3) is 0.344. The van der Waals surface area contributed by atoms with Crippen molar-refractivity contribution in [2.75, 3.05) is 28.6 Å². The third kappa shape index (κ3) is 8.40. The number of hydrogen-bond acceptors (Lipinski definition) is 3. The predicted octanol–water partition coefficient (Wildman–Crippen LogP) is 18.6. The SMILES string of the molecule is CC1=C2CC(C)(C2)c2cc3c(N(c4cc(C)cc(N(c5ccc(C(C)(C)C)cc5)c5ccc(C(C)(C)C)cc5)c4)c4ccc(S(C)(C)C)cc4-c4ccc(C(C)(C)C)cc4)csc3cc21. The minimum Gasteiger partial charge on any atom is -0.310 e. The van der Waals surface area contributed by atoms with Crippen LogP contribution in [0.1, 0.15) is 122 Å². The molecule has 0 amide bonds. The van der Waals surface area contributed by atoms with Crippen LogP contribution in [0.2, 0.25) is 0 Å². The number of nitrogens with zero attached hydrogens (tertiary/aromatic N) is 2. The van der Waals surface area contributed by atoms with Crippen LogP contribution in [0.25, 0.3) is 26.8 Å². The van der Waals surface area contributed by atoms with E-state index in [2.05, 4.69) is 238 Å². The second kappa shape index (κ2) is 15.8. The highest BCUT2D eigenvalue weighted by Crippen LogP contribution is 2.58. The standard InChI is InChI=1S/C61H70N2S2/c1-39-30-48(62(46-24-20-44(21-25-46)59(6,7)8)47-26-22-45(23-27-47)60(9,10)11)32-49(31-39)63(56-38-64-57-35-51-40(2)42-36-61(12,37-42)54(51)34-53(56)57)55-29-28-50(65(13,14)15)33-52(55)41-16-18-43(19-17-41)58(3,4)5/h16-35,38H,36-37H2,1-15H3. The van der Waals surface area contributed by atoms with Crippen LogP contribution >= 0.6 is 21.4 Å². The first-order chi connectivity index (χ1) is 30.4. The van der Waals surface area contributed by atoms with Gasteiger partial charge in [0.1, 0.15) is 0 Å². The number of benzene rings is 6. The Morgan fingerprint density at radius 2 is 1.03 bits per heavy atom. The van der Waals surface area contributed by atoms with E-state index in [9.17, 15) is 0 Å². The van der Waals surface area contributed by atoms with Crippen molar-refractivity contribution in [1.82, 2.24) is 0 Å². The minimum atomic E-state index is -1.02. The molecule has 0 spiro atoms. The van der Waals surface area contributed by atoms with Gasteiger partial charge in [-0.15, -0.1) is 11.3 Å². The molecule has 10 rings (SSSR count). The summed E-state index contributed by atoms with van der Waals surface area (Å²) in [5.74, 6) is 0. The number of hydrogen-bond donors (Lipinski definition) is 0. The van der Waals surface area contributed by atoms with Crippen molar-refractivity contribution in [3.8, 4) is 11.1 Å². The van der Waals surface area contributed by atoms with Gasteiger partial charge in [-0.25, -0.2) is 10.0 Å². The van der Waals surface area contributed by atoms with Gasteiger partial charge in [0.05, 0.1) is 11.4 Å². The largest absolute Gasteiger partial charge is 0.310 e. The molecular formula is C61H70N2S2. The molecule has 0 atom stereocenters. The lowest BCUT2D eigenvalue weighted by atomic mass is 9.56. The van der Waals surface area contributed by atoms with Crippen LogP contribution in [0.4, 0.5) is 34.1 Å². The van der Waals surface area contributed by atoms with E-state index in [1.807, 2.05) is 11.3 Å². The highest BCUT2D eigenvalue weighted by atomic mass is 32.3. The molecular weight excluding hydrogens is 825 g/mol. The summed E-state index contributed by atoms with van der Waals surface area (Å²) in [5.41, 5.74) is 21.2. The Morgan fingerprint density at radius 3 is 1.54 bits per heavy atom. The van der Waals surface area contributed by atoms with Gasteiger partial charge < -0.3 is 9.80 Å². The maximum absolute atomic E-state index is 2.60. The summed E-state index contributed by atoms with van der Waals surface area (Å²) in [4.78, 5) is 6.46. The maximum atomic E-state index is 2.60. The number of fused-ring (bicyclic) bond motifs is 1. The number of anilines is 6. The Balaban J connectivity index is 1.31. The molecule has 1 fully saturated rings. The summed E-state index contributed by atoms with van der Waals surface area (Å²) in [6.45, 7) is 27.8. The average Bonchev–Trinajstić information content (AvgIpc) is 3.63. The van der Waals surface area contributed by atoms with Crippen LogP contribution < -0.4 is 9.80 Å². The summed E-state index contributed by atoms with van der Waals surface area (Å²) in [5, 5.41) is 3.75. The van der Waals surface area contributed by atoms with Crippen molar-refractivity contribution in [1.29, 1.82) is 0 Å². The minimum absolute atomic E-state index is 0.0550.